The molecule has 1 aliphatic rings. The lowest BCUT2D eigenvalue weighted by molar-refractivity contribution is 0.0925. The van der Waals surface area contributed by atoms with Gasteiger partial charge in [-0.15, -0.1) is 0 Å². The van der Waals surface area contributed by atoms with Crippen molar-refractivity contribution in [3.8, 4) is 11.3 Å². The quantitative estimate of drug-likeness (QED) is 0.458. The van der Waals surface area contributed by atoms with E-state index >= 15 is 0 Å². The van der Waals surface area contributed by atoms with E-state index in [0.717, 1.165) is 25.7 Å². The molecule has 1 aliphatic carbocycles. The van der Waals surface area contributed by atoms with Gasteiger partial charge in [0.05, 0.1) is 15.6 Å². The second-order valence-corrected chi connectivity index (χ2v) is 8.99. The van der Waals surface area contributed by atoms with Crippen LogP contribution in [-0.2, 0) is 0 Å². The van der Waals surface area contributed by atoms with E-state index in [9.17, 15) is 9.59 Å². The van der Waals surface area contributed by atoms with Gasteiger partial charge in [0.1, 0.15) is 17.0 Å². The van der Waals surface area contributed by atoms with Crippen LogP contribution in [-0.4, -0.2) is 29.1 Å². The first-order chi connectivity index (χ1) is 15.8. The fourth-order valence-electron chi connectivity index (χ4n) is 3.97. The minimum absolute atomic E-state index is 0.0903. The summed E-state index contributed by atoms with van der Waals surface area (Å²) >= 11 is 12.6. The van der Waals surface area contributed by atoms with Crippen LogP contribution in [0.5, 0.6) is 0 Å². The van der Waals surface area contributed by atoms with Gasteiger partial charge in [-0.05, 0) is 56.9 Å². The van der Waals surface area contributed by atoms with Crippen molar-refractivity contribution >= 4 is 40.7 Å². The topological polar surface area (TPSA) is 110 Å². The molecule has 3 aromatic rings. The number of carbonyl (C=O) groups is 2. The molecule has 0 atom stereocenters. The molecule has 0 aliphatic heterocycles. The first-order valence-corrected chi connectivity index (χ1v) is 11.5. The van der Waals surface area contributed by atoms with E-state index in [0.29, 0.717) is 33.3 Å². The first kappa shape index (κ1) is 23.3. The van der Waals surface area contributed by atoms with Crippen molar-refractivity contribution in [2.75, 3.05) is 5.32 Å². The summed E-state index contributed by atoms with van der Waals surface area (Å²) in [5, 5.41) is 10.5. The van der Waals surface area contributed by atoms with E-state index in [1.807, 2.05) is 0 Å². The van der Waals surface area contributed by atoms with Crippen LogP contribution in [0.1, 0.15) is 52.2 Å². The zero-order valence-electron chi connectivity index (χ0n) is 18.0. The fourth-order valence-corrected chi connectivity index (χ4v) is 4.47. The Hall–Kier alpha value is -2.87. The van der Waals surface area contributed by atoms with Gasteiger partial charge >= 0.3 is 0 Å². The van der Waals surface area contributed by atoms with Crippen LogP contribution in [0.4, 0.5) is 5.69 Å². The van der Waals surface area contributed by atoms with Gasteiger partial charge in [0.15, 0.2) is 0 Å². The summed E-state index contributed by atoms with van der Waals surface area (Å²) in [6.07, 6.45) is 3.49. The number of rotatable bonds is 5. The Labute approximate surface area is 201 Å². The van der Waals surface area contributed by atoms with Crippen LogP contribution in [0.2, 0.25) is 10.0 Å². The third kappa shape index (κ3) is 5.21. The zero-order chi connectivity index (χ0) is 23.5. The van der Waals surface area contributed by atoms with Crippen molar-refractivity contribution < 1.29 is 14.1 Å². The number of amides is 2. The van der Waals surface area contributed by atoms with E-state index in [-0.39, 0.29) is 28.6 Å². The van der Waals surface area contributed by atoms with Crippen LogP contribution >= 0.6 is 23.2 Å². The van der Waals surface area contributed by atoms with E-state index < -0.39 is 5.91 Å². The molecule has 9 heteroatoms. The van der Waals surface area contributed by atoms with Crippen LogP contribution in [0, 0.1) is 6.92 Å². The molecule has 0 unspecified atom stereocenters. The van der Waals surface area contributed by atoms with Crippen LogP contribution in [0.15, 0.2) is 47.0 Å². The lowest BCUT2D eigenvalue weighted by Gasteiger charge is -2.27. The first-order valence-electron chi connectivity index (χ1n) is 10.7. The Bertz CT molecular complexity index is 1190. The van der Waals surface area contributed by atoms with Crippen molar-refractivity contribution in [3.63, 3.8) is 0 Å². The molecule has 0 saturated heterocycles. The average Bonchev–Trinajstić information content (AvgIpc) is 3.17. The van der Waals surface area contributed by atoms with Crippen molar-refractivity contribution in [3.05, 3.63) is 69.4 Å². The van der Waals surface area contributed by atoms with Gasteiger partial charge in [0.2, 0.25) is 0 Å². The molecular weight excluding hydrogens is 463 g/mol. The number of nitrogens with zero attached hydrogens (tertiary/aromatic N) is 1. The molecule has 0 spiro atoms. The zero-order valence-corrected chi connectivity index (χ0v) is 19.5. The highest BCUT2D eigenvalue weighted by molar-refractivity contribution is 6.34. The molecule has 0 bridgehead atoms. The molecule has 172 valence electrons. The number of nitrogens with one attached hydrogen (secondary N) is 2. The Kier molecular flexibility index (Phi) is 7.02. The minimum atomic E-state index is -0.421. The number of aromatic nitrogens is 1. The van der Waals surface area contributed by atoms with Gasteiger partial charge in [-0.1, -0.05) is 46.6 Å². The number of anilines is 1. The maximum Gasteiger partial charge on any atom is 0.261 e. The van der Waals surface area contributed by atoms with Crippen LogP contribution < -0.4 is 16.4 Å². The smallest absolute Gasteiger partial charge is 0.261 e. The summed E-state index contributed by atoms with van der Waals surface area (Å²) in [6, 6.07) is 12.1. The summed E-state index contributed by atoms with van der Waals surface area (Å²) in [5.74, 6) is -0.304. The van der Waals surface area contributed by atoms with Crippen LogP contribution in [0.3, 0.4) is 0 Å². The number of hydrogen-bond acceptors (Lipinski definition) is 5. The predicted molar refractivity (Wildman–Crippen MR) is 129 cm³/mol. The van der Waals surface area contributed by atoms with Gasteiger partial charge in [-0.2, -0.15) is 0 Å². The van der Waals surface area contributed by atoms with Crippen molar-refractivity contribution in [2.24, 2.45) is 5.73 Å². The third-order valence-corrected chi connectivity index (χ3v) is 6.44. The Morgan fingerprint density at radius 2 is 1.76 bits per heavy atom. The number of aryl methyl sites for hydroxylation is 1. The highest BCUT2D eigenvalue weighted by Gasteiger charge is 2.24. The molecule has 1 aromatic heterocycles. The maximum absolute atomic E-state index is 13.0. The molecule has 2 aromatic carbocycles. The maximum atomic E-state index is 13.0. The summed E-state index contributed by atoms with van der Waals surface area (Å²) in [5.41, 5.74) is 7.94. The van der Waals surface area contributed by atoms with E-state index in [1.165, 1.54) is 0 Å². The summed E-state index contributed by atoms with van der Waals surface area (Å²) in [6.45, 7) is 1.65. The predicted octanol–water partition coefficient (Wildman–Crippen LogP) is 5.21. The highest BCUT2D eigenvalue weighted by Crippen LogP contribution is 2.32. The number of hydrogen-bond donors (Lipinski definition) is 3. The monoisotopic (exact) mass is 486 g/mol. The number of halogens is 2. The standard InChI is InChI=1S/C24H24Cl2N4O3/c1-13-21(22(30-33-13)17-4-2-3-5-19(17)25)24(32)29-16-10-11-18(20(26)12-16)23(31)28-15-8-6-14(27)7-9-15/h2-5,10-12,14-15H,6-9,27H2,1H3,(H,28,31)(H,29,32). The summed E-state index contributed by atoms with van der Waals surface area (Å²) < 4.78 is 5.26. The number of nitrogens with two attached hydrogens (primary N) is 1. The summed E-state index contributed by atoms with van der Waals surface area (Å²) in [7, 11) is 0. The third-order valence-electron chi connectivity index (χ3n) is 5.80. The lowest BCUT2D eigenvalue weighted by Crippen LogP contribution is -2.40. The summed E-state index contributed by atoms with van der Waals surface area (Å²) in [4.78, 5) is 25.7. The van der Waals surface area contributed by atoms with Crippen LogP contribution in [0.25, 0.3) is 11.3 Å². The van der Waals surface area contributed by atoms with Crippen molar-refractivity contribution in [1.82, 2.24) is 10.5 Å². The van der Waals surface area contributed by atoms with E-state index in [2.05, 4.69) is 15.8 Å². The van der Waals surface area contributed by atoms with Crippen molar-refractivity contribution in [2.45, 2.75) is 44.7 Å². The Morgan fingerprint density at radius 3 is 2.45 bits per heavy atom. The minimum Gasteiger partial charge on any atom is -0.360 e. The lowest BCUT2D eigenvalue weighted by atomic mass is 9.91. The molecule has 1 fully saturated rings. The molecule has 33 heavy (non-hydrogen) atoms. The average molecular weight is 487 g/mol. The largest absolute Gasteiger partial charge is 0.360 e. The van der Waals surface area contributed by atoms with E-state index in [4.69, 9.17) is 33.5 Å². The molecule has 1 heterocycles. The SMILES string of the molecule is Cc1onc(-c2ccccc2Cl)c1C(=O)Nc1ccc(C(=O)NC2CCC(N)CC2)c(Cl)c1. The molecule has 0 radical (unpaired) electrons. The molecular formula is C24H24Cl2N4O3. The second kappa shape index (κ2) is 9.95. The van der Waals surface area contributed by atoms with Gasteiger partial charge in [0, 0.05) is 23.3 Å². The van der Waals surface area contributed by atoms with Gasteiger partial charge < -0.3 is 20.9 Å². The molecule has 7 nitrogen and oxygen atoms in total. The Morgan fingerprint density at radius 1 is 1.03 bits per heavy atom. The van der Waals surface area contributed by atoms with Crippen molar-refractivity contribution in [1.29, 1.82) is 0 Å². The normalized spacial score (nSPS) is 18.1. The molecule has 1 saturated carbocycles. The number of carbonyl (C=O) groups excluding carboxylic acids is 2. The second-order valence-electron chi connectivity index (χ2n) is 8.18. The van der Waals surface area contributed by atoms with Gasteiger partial charge in [0.25, 0.3) is 11.8 Å². The van der Waals surface area contributed by atoms with E-state index in [1.54, 1.807) is 49.4 Å². The fraction of sp³-hybridized carbons (Fsp3) is 0.292. The molecule has 2 amide bonds. The molecule has 4 N–H and O–H groups in total. The molecule has 4 rings (SSSR count). The Balaban J connectivity index is 1.49. The highest BCUT2D eigenvalue weighted by atomic mass is 35.5. The van der Waals surface area contributed by atoms with Gasteiger partial charge in [-0.3, -0.25) is 9.59 Å². The number of benzene rings is 2. The van der Waals surface area contributed by atoms with Gasteiger partial charge in [-0.25, -0.2) is 0 Å².